The number of nitrogens with zero attached hydrogens (tertiary/aromatic N) is 3. The maximum atomic E-state index is 13.8. The van der Waals surface area contributed by atoms with E-state index >= 15 is 0 Å². The van der Waals surface area contributed by atoms with Gasteiger partial charge in [0.05, 0.1) is 11.4 Å². The van der Waals surface area contributed by atoms with Crippen LogP contribution in [-0.2, 0) is 6.54 Å². The van der Waals surface area contributed by atoms with Crippen LogP contribution in [0.3, 0.4) is 0 Å². The summed E-state index contributed by atoms with van der Waals surface area (Å²) in [5.74, 6) is -1.67. The summed E-state index contributed by atoms with van der Waals surface area (Å²) >= 11 is 0. The van der Waals surface area contributed by atoms with Crippen LogP contribution in [0.25, 0.3) is 16.8 Å². The quantitative estimate of drug-likeness (QED) is 0.666. The Balaban J connectivity index is 1.81. The third-order valence-electron chi connectivity index (χ3n) is 4.77. The van der Waals surface area contributed by atoms with E-state index in [1.165, 1.54) is 12.1 Å². The standard InChI is InChI=1S/C22H19F2N3/c1-14-3-8-22(26-25-14)16-4-6-18-17(11-16)13-27(2)10-9-19(18)15-5-7-20(23)21(24)12-15/h3-9,11-12H,10,13H2,1-2H3. The maximum absolute atomic E-state index is 13.8. The predicted molar refractivity (Wildman–Crippen MR) is 102 cm³/mol. The first-order valence-corrected chi connectivity index (χ1v) is 8.79. The van der Waals surface area contributed by atoms with E-state index in [1.54, 1.807) is 6.07 Å². The molecule has 0 atom stereocenters. The van der Waals surface area contributed by atoms with Gasteiger partial charge in [0, 0.05) is 18.7 Å². The molecule has 0 bridgehead atoms. The highest BCUT2D eigenvalue weighted by Crippen LogP contribution is 2.32. The maximum Gasteiger partial charge on any atom is 0.159 e. The minimum atomic E-state index is -0.835. The van der Waals surface area contributed by atoms with Gasteiger partial charge in [0.15, 0.2) is 11.6 Å². The molecule has 0 spiro atoms. The normalized spacial score (nSPS) is 14.4. The van der Waals surface area contributed by atoms with Gasteiger partial charge in [-0.15, -0.1) is 0 Å². The van der Waals surface area contributed by atoms with Crippen LogP contribution < -0.4 is 0 Å². The van der Waals surface area contributed by atoms with Gasteiger partial charge >= 0.3 is 0 Å². The van der Waals surface area contributed by atoms with Crippen LogP contribution in [-0.4, -0.2) is 28.7 Å². The molecule has 1 aromatic heterocycles. The largest absolute Gasteiger partial charge is 0.298 e. The van der Waals surface area contributed by atoms with Crippen molar-refractivity contribution in [3.63, 3.8) is 0 Å². The molecule has 0 N–H and O–H groups in total. The highest BCUT2D eigenvalue weighted by atomic mass is 19.2. The van der Waals surface area contributed by atoms with Crippen molar-refractivity contribution in [1.82, 2.24) is 15.1 Å². The molecule has 3 aromatic rings. The van der Waals surface area contributed by atoms with Crippen molar-refractivity contribution < 1.29 is 8.78 Å². The number of likely N-dealkylation sites (N-methyl/N-ethyl adjacent to an activating group) is 1. The van der Waals surface area contributed by atoms with Crippen molar-refractivity contribution in [3.8, 4) is 11.3 Å². The van der Waals surface area contributed by atoms with Gasteiger partial charge in [-0.05, 0) is 66.6 Å². The molecule has 136 valence electrons. The van der Waals surface area contributed by atoms with Crippen LogP contribution >= 0.6 is 0 Å². The topological polar surface area (TPSA) is 29.0 Å². The van der Waals surface area contributed by atoms with Gasteiger partial charge in [0.2, 0.25) is 0 Å². The zero-order valence-electron chi connectivity index (χ0n) is 15.2. The fourth-order valence-corrected chi connectivity index (χ4v) is 3.35. The third kappa shape index (κ3) is 3.51. The van der Waals surface area contributed by atoms with Gasteiger partial charge in [0.25, 0.3) is 0 Å². The number of benzene rings is 2. The molecule has 4 rings (SSSR count). The summed E-state index contributed by atoms with van der Waals surface area (Å²) in [7, 11) is 2.03. The Morgan fingerprint density at radius 3 is 2.44 bits per heavy atom. The van der Waals surface area contributed by atoms with Crippen LogP contribution in [0, 0.1) is 18.6 Å². The third-order valence-corrected chi connectivity index (χ3v) is 4.77. The molecule has 1 aliphatic heterocycles. The summed E-state index contributed by atoms with van der Waals surface area (Å²) in [5, 5.41) is 8.40. The summed E-state index contributed by atoms with van der Waals surface area (Å²) in [6.07, 6.45) is 2.06. The number of rotatable bonds is 2. The summed E-state index contributed by atoms with van der Waals surface area (Å²) in [5.41, 5.74) is 6.40. The monoisotopic (exact) mass is 363 g/mol. The molecule has 1 aliphatic rings. The molecule has 0 aliphatic carbocycles. The van der Waals surface area contributed by atoms with Crippen molar-refractivity contribution in [2.45, 2.75) is 13.5 Å². The van der Waals surface area contributed by atoms with Gasteiger partial charge < -0.3 is 0 Å². The zero-order chi connectivity index (χ0) is 19.0. The molecular weight excluding hydrogens is 344 g/mol. The minimum Gasteiger partial charge on any atom is -0.298 e. The molecule has 0 fully saturated rings. The van der Waals surface area contributed by atoms with E-state index in [1.807, 2.05) is 38.2 Å². The second-order valence-electron chi connectivity index (χ2n) is 6.88. The average Bonchev–Trinajstić information content (AvgIpc) is 2.82. The molecule has 3 nitrogen and oxygen atoms in total. The Labute approximate surface area is 157 Å². The fraction of sp³-hybridized carbons (Fsp3) is 0.182. The SMILES string of the molecule is Cc1ccc(-c2ccc3c(c2)CN(C)CC=C3c2ccc(F)c(F)c2)nn1. The first-order valence-electron chi connectivity index (χ1n) is 8.79. The van der Waals surface area contributed by atoms with Crippen molar-refractivity contribution in [1.29, 1.82) is 0 Å². The number of aromatic nitrogens is 2. The van der Waals surface area contributed by atoms with Crippen LogP contribution in [0.4, 0.5) is 8.78 Å². The lowest BCUT2D eigenvalue weighted by atomic mass is 9.92. The molecule has 0 unspecified atom stereocenters. The first-order chi connectivity index (χ1) is 13.0. The van der Waals surface area contributed by atoms with E-state index in [-0.39, 0.29) is 0 Å². The molecule has 0 saturated heterocycles. The molecular formula is C22H19F2N3. The van der Waals surface area contributed by atoms with Gasteiger partial charge in [-0.25, -0.2) is 8.78 Å². The summed E-state index contributed by atoms with van der Waals surface area (Å²) < 4.78 is 27.1. The summed E-state index contributed by atoms with van der Waals surface area (Å²) in [6, 6.07) is 14.1. The van der Waals surface area contributed by atoms with Crippen LogP contribution in [0.2, 0.25) is 0 Å². The number of fused-ring (bicyclic) bond motifs is 1. The molecule has 5 heteroatoms. The Bertz CT molecular complexity index is 1030. The smallest absolute Gasteiger partial charge is 0.159 e. The van der Waals surface area contributed by atoms with Crippen LogP contribution in [0.5, 0.6) is 0 Å². The van der Waals surface area contributed by atoms with Crippen molar-refractivity contribution in [2.75, 3.05) is 13.6 Å². The van der Waals surface area contributed by atoms with Gasteiger partial charge in [0.1, 0.15) is 0 Å². The van der Waals surface area contributed by atoms with E-state index in [0.717, 1.165) is 46.7 Å². The van der Waals surface area contributed by atoms with E-state index in [2.05, 4.69) is 27.2 Å². The number of aryl methyl sites for hydroxylation is 1. The summed E-state index contributed by atoms with van der Waals surface area (Å²) in [6.45, 7) is 3.39. The lowest BCUT2D eigenvalue weighted by Crippen LogP contribution is -2.16. The van der Waals surface area contributed by atoms with Crippen molar-refractivity contribution in [3.05, 3.63) is 88.6 Å². The van der Waals surface area contributed by atoms with E-state index in [4.69, 9.17) is 0 Å². The highest BCUT2D eigenvalue weighted by molar-refractivity contribution is 5.83. The van der Waals surface area contributed by atoms with E-state index in [9.17, 15) is 8.78 Å². The molecule has 2 aromatic carbocycles. The van der Waals surface area contributed by atoms with Gasteiger partial charge in [-0.2, -0.15) is 10.2 Å². The van der Waals surface area contributed by atoms with Crippen LogP contribution in [0.15, 0.2) is 54.6 Å². The fourth-order valence-electron chi connectivity index (χ4n) is 3.35. The molecule has 27 heavy (non-hydrogen) atoms. The molecule has 2 heterocycles. The minimum absolute atomic E-state index is 0.674. The average molecular weight is 363 g/mol. The lowest BCUT2D eigenvalue weighted by molar-refractivity contribution is 0.366. The Hall–Kier alpha value is -2.92. The highest BCUT2D eigenvalue weighted by Gasteiger charge is 2.18. The molecule has 0 radical (unpaired) electrons. The number of hydrogen-bond acceptors (Lipinski definition) is 3. The second-order valence-corrected chi connectivity index (χ2v) is 6.88. The second kappa shape index (κ2) is 7.00. The number of hydrogen-bond donors (Lipinski definition) is 0. The summed E-state index contributed by atoms with van der Waals surface area (Å²) in [4.78, 5) is 2.18. The van der Waals surface area contributed by atoms with E-state index in [0.29, 0.717) is 5.56 Å². The van der Waals surface area contributed by atoms with Crippen molar-refractivity contribution >= 4 is 5.57 Å². The Kier molecular flexibility index (Phi) is 4.54. The predicted octanol–water partition coefficient (Wildman–Crippen LogP) is 4.61. The Morgan fingerprint density at radius 2 is 1.70 bits per heavy atom. The number of halogens is 2. The van der Waals surface area contributed by atoms with E-state index < -0.39 is 11.6 Å². The molecule has 0 amide bonds. The van der Waals surface area contributed by atoms with Gasteiger partial charge in [-0.1, -0.05) is 24.3 Å². The Morgan fingerprint density at radius 1 is 0.889 bits per heavy atom. The van der Waals surface area contributed by atoms with Crippen molar-refractivity contribution in [2.24, 2.45) is 0 Å². The zero-order valence-corrected chi connectivity index (χ0v) is 15.2. The first kappa shape index (κ1) is 17.5. The lowest BCUT2D eigenvalue weighted by Gasteiger charge is -2.15. The molecule has 0 saturated carbocycles. The van der Waals surface area contributed by atoms with Crippen LogP contribution in [0.1, 0.15) is 22.4 Å². The van der Waals surface area contributed by atoms with Gasteiger partial charge in [-0.3, -0.25) is 4.90 Å².